The van der Waals surface area contributed by atoms with Crippen molar-refractivity contribution in [3.8, 4) is 5.69 Å². The summed E-state index contributed by atoms with van der Waals surface area (Å²) in [6, 6.07) is 14.3. The van der Waals surface area contributed by atoms with E-state index in [-0.39, 0.29) is 12.3 Å². The highest BCUT2D eigenvalue weighted by molar-refractivity contribution is 6.32. The minimum Gasteiger partial charge on any atom is -0.273 e. The third kappa shape index (κ3) is 4.89. The normalized spacial score (nSPS) is 11.1. The molecule has 0 aliphatic heterocycles. The lowest BCUT2D eigenvalue weighted by atomic mass is 10.1. The van der Waals surface area contributed by atoms with Crippen LogP contribution in [0.3, 0.4) is 0 Å². The summed E-state index contributed by atoms with van der Waals surface area (Å²) in [4.78, 5) is 12.0. The Morgan fingerprint density at radius 2 is 1.89 bits per heavy atom. The second-order valence-electron chi connectivity index (χ2n) is 5.78. The van der Waals surface area contributed by atoms with Crippen molar-refractivity contribution in [3.05, 3.63) is 80.6 Å². The van der Waals surface area contributed by atoms with E-state index in [1.54, 1.807) is 41.1 Å². The molecule has 1 amide bonds. The Kier molecular flexibility index (Phi) is 6.16. The van der Waals surface area contributed by atoms with Crippen LogP contribution in [0.25, 0.3) is 5.69 Å². The largest absolute Gasteiger partial charge is 0.273 e. The molecule has 3 rings (SSSR count). The molecule has 1 N–H and O–H groups in total. The number of amides is 1. The number of rotatable bonds is 5. The van der Waals surface area contributed by atoms with Gasteiger partial charge in [0.2, 0.25) is 5.91 Å². The van der Waals surface area contributed by atoms with Crippen molar-refractivity contribution < 1.29 is 4.79 Å². The van der Waals surface area contributed by atoms with Gasteiger partial charge in [-0.25, -0.2) is 10.1 Å². The maximum Gasteiger partial charge on any atom is 0.244 e. The summed E-state index contributed by atoms with van der Waals surface area (Å²) in [5.41, 5.74) is 5.36. The Morgan fingerprint density at radius 1 is 1.15 bits per heavy atom. The Morgan fingerprint density at radius 3 is 2.59 bits per heavy atom. The molecule has 1 aromatic heterocycles. The molecular weight excluding hydrogens is 407 g/mol. The van der Waals surface area contributed by atoms with E-state index in [9.17, 15) is 4.79 Å². The SMILES string of the molecule is Cc1nn(-c2cccc(Cl)c2)c(Cl)c1/C=N/NC(=O)Cc1ccc(Cl)cc1. The molecule has 0 fully saturated rings. The highest BCUT2D eigenvalue weighted by Gasteiger charge is 2.13. The topological polar surface area (TPSA) is 59.3 Å². The highest BCUT2D eigenvalue weighted by atomic mass is 35.5. The van der Waals surface area contributed by atoms with Gasteiger partial charge in [-0.05, 0) is 42.8 Å². The molecule has 0 saturated carbocycles. The summed E-state index contributed by atoms with van der Waals surface area (Å²) in [5.74, 6) is -0.246. The first-order valence-electron chi connectivity index (χ1n) is 8.01. The Labute approximate surface area is 171 Å². The first kappa shape index (κ1) is 19.4. The summed E-state index contributed by atoms with van der Waals surface area (Å²) in [6.45, 7) is 1.81. The van der Waals surface area contributed by atoms with Crippen molar-refractivity contribution in [1.29, 1.82) is 0 Å². The second-order valence-corrected chi connectivity index (χ2v) is 7.01. The molecule has 2 aromatic carbocycles. The number of nitrogens with one attached hydrogen (secondary N) is 1. The number of nitrogens with zero attached hydrogens (tertiary/aromatic N) is 3. The summed E-state index contributed by atoms with van der Waals surface area (Å²) in [7, 11) is 0. The molecule has 0 radical (unpaired) electrons. The van der Waals surface area contributed by atoms with E-state index in [1.807, 2.05) is 19.1 Å². The number of carbonyl (C=O) groups excluding carboxylic acids is 1. The van der Waals surface area contributed by atoms with Crippen LogP contribution in [0.2, 0.25) is 15.2 Å². The first-order valence-corrected chi connectivity index (χ1v) is 9.15. The van der Waals surface area contributed by atoms with Gasteiger partial charge in [-0.1, -0.05) is 53.0 Å². The average molecular weight is 422 g/mol. The average Bonchev–Trinajstić information content (AvgIpc) is 2.92. The van der Waals surface area contributed by atoms with E-state index in [2.05, 4.69) is 15.6 Å². The van der Waals surface area contributed by atoms with Crippen LogP contribution in [0.4, 0.5) is 0 Å². The fourth-order valence-electron chi connectivity index (χ4n) is 2.43. The number of halogens is 3. The van der Waals surface area contributed by atoms with Crippen LogP contribution >= 0.6 is 34.8 Å². The minimum absolute atomic E-state index is 0.197. The van der Waals surface area contributed by atoms with Gasteiger partial charge in [-0.2, -0.15) is 10.2 Å². The number of benzene rings is 2. The number of hydrogen-bond acceptors (Lipinski definition) is 3. The lowest BCUT2D eigenvalue weighted by molar-refractivity contribution is -0.120. The maximum absolute atomic E-state index is 12.0. The fraction of sp³-hybridized carbons (Fsp3) is 0.105. The number of aromatic nitrogens is 2. The third-order valence-electron chi connectivity index (χ3n) is 3.76. The molecule has 0 unspecified atom stereocenters. The predicted molar refractivity (Wildman–Crippen MR) is 109 cm³/mol. The molecule has 8 heteroatoms. The zero-order chi connectivity index (χ0) is 19.4. The van der Waals surface area contributed by atoms with Gasteiger partial charge in [-0.15, -0.1) is 0 Å². The van der Waals surface area contributed by atoms with Crippen LogP contribution in [-0.4, -0.2) is 21.9 Å². The van der Waals surface area contributed by atoms with Gasteiger partial charge < -0.3 is 0 Å². The van der Waals surface area contributed by atoms with Crippen LogP contribution in [0, 0.1) is 6.92 Å². The van der Waals surface area contributed by atoms with E-state index >= 15 is 0 Å². The molecular formula is C19H15Cl3N4O. The molecule has 0 spiro atoms. The first-order chi connectivity index (χ1) is 12.9. The molecule has 1 heterocycles. The minimum atomic E-state index is -0.246. The summed E-state index contributed by atoms with van der Waals surface area (Å²) >= 11 is 18.3. The molecule has 0 atom stereocenters. The van der Waals surface area contributed by atoms with Crippen molar-refractivity contribution >= 4 is 46.9 Å². The molecule has 5 nitrogen and oxygen atoms in total. The zero-order valence-corrected chi connectivity index (χ0v) is 16.6. The Hall–Kier alpha value is -2.34. The van der Waals surface area contributed by atoms with Gasteiger partial charge in [0.15, 0.2) is 0 Å². The zero-order valence-electron chi connectivity index (χ0n) is 14.3. The molecule has 3 aromatic rings. The summed E-state index contributed by atoms with van der Waals surface area (Å²) < 4.78 is 1.57. The van der Waals surface area contributed by atoms with E-state index in [1.165, 1.54) is 6.21 Å². The number of carbonyl (C=O) groups is 1. The molecule has 0 bridgehead atoms. The van der Waals surface area contributed by atoms with E-state index < -0.39 is 0 Å². The van der Waals surface area contributed by atoms with Gasteiger partial charge >= 0.3 is 0 Å². The van der Waals surface area contributed by atoms with Crippen molar-refractivity contribution in [2.45, 2.75) is 13.3 Å². The van der Waals surface area contributed by atoms with Crippen LogP contribution < -0.4 is 5.43 Å². The van der Waals surface area contributed by atoms with Gasteiger partial charge in [-0.3, -0.25) is 4.79 Å². The third-order valence-corrected chi connectivity index (χ3v) is 4.61. The van der Waals surface area contributed by atoms with Gasteiger partial charge in [0.25, 0.3) is 0 Å². The lowest BCUT2D eigenvalue weighted by Gasteiger charge is -2.03. The standard InChI is InChI=1S/C19H15Cl3N4O/c1-12-17(19(22)26(25-12)16-4-2-3-15(21)10-16)11-23-24-18(27)9-13-5-7-14(20)8-6-13/h2-8,10-11H,9H2,1H3,(H,24,27)/b23-11+. The molecule has 0 aliphatic carbocycles. The predicted octanol–water partition coefficient (Wildman–Crippen LogP) is 4.83. The highest BCUT2D eigenvalue weighted by Crippen LogP contribution is 2.23. The summed E-state index contributed by atoms with van der Waals surface area (Å²) in [5, 5.41) is 9.98. The van der Waals surface area contributed by atoms with E-state index in [0.29, 0.717) is 26.5 Å². The number of aryl methyl sites for hydroxylation is 1. The lowest BCUT2D eigenvalue weighted by Crippen LogP contribution is -2.19. The molecule has 0 saturated heterocycles. The van der Waals surface area contributed by atoms with Crippen LogP contribution in [-0.2, 0) is 11.2 Å². The van der Waals surface area contributed by atoms with Gasteiger partial charge in [0.1, 0.15) is 5.15 Å². The van der Waals surface area contributed by atoms with Crippen LogP contribution in [0.15, 0.2) is 53.6 Å². The van der Waals surface area contributed by atoms with Crippen molar-refractivity contribution in [2.75, 3.05) is 0 Å². The maximum atomic E-state index is 12.0. The monoisotopic (exact) mass is 420 g/mol. The van der Waals surface area contributed by atoms with Gasteiger partial charge in [0.05, 0.1) is 29.6 Å². The summed E-state index contributed by atoms with van der Waals surface area (Å²) in [6.07, 6.45) is 1.68. The Balaban J connectivity index is 1.70. The number of hydrazone groups is 1. The van der Waals surface area contributed by atoms with Crippen LogP contribution in [0.5, 0.6) is 0 Å². The van der Waals surface area contributed by atoms with Crippen molar-refractivity contribution in [1.82, 2.24) is 15.2 Å². The van der Waals surface area contributed by atoms with Crippen LogP contribution in [0.1, 0.15) is 16.8 Å². The van der Waals surface area contributed by atoms with Crippen molar-refractivity contribution in [3.63, 3.8) is 0 Å². The quantitative estimate of drug-likeness (QED) is 0.473. The van der Waals surface area contributed by atoms with Crippen molar-refractivity contribution in [2.24, 2.45) is 5.10 Å². The molecule has 0 aliphatic rings. The van der Waals surface area contributed by atoms with E-state index in [4.69, 9.17) is 34.8 Å². The Bertz CT molecular complexity index is 997. The number of hydrogen-bond donors (Lipinski definition) is 1. The smallest absolute Gasteiger partial charge is 0.244 e. The molecule has 27 heavy (non-hydrogen) atoms. The van der Waals surface area contributed by atoms with Gasteiger partial charge in [0, 0.05) is 10.0 Å². The second kappa shape index (κ2) is 8.57. The molecule has 138 valence electrons. The fourth-order valence-corrected chi connectivity index (χ4v) is 3.06. The van der Waals surface area contributed by atoms with E-state index in [0.717, 1.165) is 11.3 Å².